The Morgan fingerprint density at radius 1 is 1.23 bits per heavy atom. The number of carboxylic acid groups (broad SMARTS) is 1. The number of aryl methyl sites for hydroxylation is 1. The van der Waals surface area contributed by atoms with Crippen LogP contribution in [0.1, 0.15) is 21.5 Å². The zero-order valence-corrected chi connectivity index (χ0v) is 11.8. The standard InChI is InChI=1S/C18H12O4/c1-3-12-13-8-14(18(20)21)15(19)9-16(13)22-17(12)11-6-4-10(2)5-7-11/h1,4-9,19H,2H3,(H,20,21). The van der Waals surface area contributed by atoms with Crippen molar-refractivity contribution in [3.8, 4) is 29.4 Å². The summed E-state index contributed by atoms with van der Waals surface area (Å²) in [6, 6.07) is 10.2. The van der Waals surface area contributed by atoms with Crippen molar-refractivity contribution in [2.75, 3.05) is 0 Å². The highest BCUT2D eigenvalue weighted by molar-refractivity contribution is 6.00. The van der Waals surface area contributed by atoms with Gasteiger partial charge in [-0.1, -0.05) is 35.7 Å². The first-order valence-corrected chi connectivity index (χ1v) is 6.57. The highest BCUT2D eigenvalue weighted by atomic mass is 16.4. The number of hydrogen-bond donors (Lipinski definition) is 2. The predicted octanol–water partition coefficient (Wildman–Crippen LogP) is 3.79. The van der Waals surface area contributed by atoms with Crippen molar-refractivity contribution in [1.29, 1.82) is 0 Å². The van der Waals surface area contributed by atoms with Gasteiger partial charge in [0.2, 0.25) is 0 Å². The maximum atomic E-state index is 11.1. The van der Waals surface area contributed by atoms with Gasteiger partial charge < -0.3 is 14.6 Å². The van der Waals surface area contributed by atoms with Crippen LogP contribution in [0.2, 0.25) is 0 Å². The molecule has 0 saturated carbocycles. The molecule has 2 N–H and O–H groups in total. The molecule has 0 aliphatic rings. The Labute approximate surface area is 126 Å². The lowest BCUT2D eigenvalue weighted by Gasteiger charge is -1.99. The van der Waals surface area contributed by atoms with Crippen molar-refractivity contribution in [3.63, 3.8) is 0 Å². The van der Waals surface area contributed by atoms with E-state index in [9.17, 15) is 9.90 Å². The summed E-state index contributed by atoms with van der Waals surface area (Å²) in [6.45, 7) is 1.97. The first kappa shape index (κ1) is 13.8. The van der Waals surface area contributed by atoms with Crippen LogP contribution < -0.4 is 0 Å². The number of aromatic hydroxyl groups is 1. The summed E-state index contributed by atoms with van der Waals surface area (Å²) < 4.78 is 5.74. The van der Waals surface area contributed by atoms with Crippen molar-refractivity contribution < 1.29 is 19.4 Å². The fraction of sp³-hybridized carbons (Fsp3) is 0.0556. The Bertz CT molecular complexity index is 924. The smallest absolute Gasteiger partial charge is 0.339 e. The lowest BCUT2D eigenvalue weighted by molar-refractivity contribution is 0.0694. The minimum Gasteiger partial charge on any atom is -0.507 e. The quantitative estimate of drug-likeness (QED) is 0.705. The number of benzene rings is 2. The summed E-state index contributed by atoms with van der Waals surface area (Å²) in [5, 5.41) is 19.4. The zero-order valence-electron chi connectivity index (χ0n) is 11.8. The molecular formula is C18H12O4. The highest BCUT2D eigenvalue weighted by Gasteiger charge is 2.19. The molecule has 0 fully saturated rings. The van der Waals surface area contributed by atoms with E-state index < -0.39 is 5.97 Å². The van der Waals surface area contributed by atoms with Crippen molar-refractivity contribution in [3.05, 3.63) is 53.1 Å². The summed E-state index contributed by atoms with van der Waals surface area (Å²) in [5.74, 6) is 1.46. The number of furan rings is 1. The topological polar surface area (TPSA) is 70.7 Å². The van der Waals surface area contributed by atoms with Gasteiger partial charge in [-0.25, -0.2) is 4.79 Å². The van der Waals surface area contributed by atoms with Gasteiger partial charge >= 0.3 is 5.97 Å². The molecule has 3 aromatic rings. The van der Waals surface area contributed by atoms with E-state index in [1.54, 1.807) is 0 Å². The molecule has 0 bridgehead atoms. The number of carboxylic acids is 1. The number of aromatic carboxylic acids is 1. The fourth-order valence-electron chi connectivity index (χ4n) is 2.35. The van der Waals surface area contributed by atoms with Gasteiger partial charge in [-0.05, 0) is 13.0 Å². The normalized spacial score (nSPS) is 10.5. The monoisotopic (exact) mass is 292 g/mol. The number of phenols is 1. The van der Waals surface area contributed by atoms with Crippen LogP contribution >= 0.6 is 0 Å². The molecule has 4 heteroatoms. The van der Waals surface area contributed by atoms with E-state index in [4.69, 9.17) is 15.9 Å². The predicted molar refractivity (Wildman–Crippen MR) is 82.9 cm³/mol. The van der Waals surface area contributed by atoms with Crippen LogP contribution in [-0.2, 0) is 0 Å². The van der Waals surface area contributed by atoms with Crippen LogP contribution in [0.3, 0.4) is 0 Å². The zero-order chi connectivity index (χ0) is 15.9. The number of terminal acetylenes is 1. The molecule has 2 aromatic carbocycles. The molecular weight excluding hydrogens is 280 g/mol. The van der Waals surface area contributed by atoms with Gasteiger partial charge in [-0.3, -0.25) is 0 Å². The number of hydrogen-bond acceptors (Lipinski definition) is 3. The van der Waals surface area contributed by atoms with Crippen molar-refractivity contribution in [2.45, 2.75) is 6.92 Å². The van der Waals surface area contributed by atoms with E-state index in [-0.39, 0.29) is 11.3 Å². The van der Waals surface area contributed by atoms with Crippen LogP contribution in [0.25, 0.3) is 22.3 Å². The number of carbonyl (C=O) groups is 1. The third-order valence-electron chi connectivity index (χ3n) is 3.49. The molecule has 0 aliphatic heterocycles. The Kier molecular flexibility index (Phi) is 3.11. The second kappa shape index (κ2) is 4.97. The van der Waals surface area contributed by atoms with Gasteiger partial charge in [0.25, 0.3) is 0 Å². The summed E-state index contributed by atoms with van der Waals surface area (Å²) in [6.07, 6.45) is 5.57. The Morgan fingerprint density at radius 3 is 2.50 bits per heavy atom. The minimum absolute atomic E-state index is 0.208. The van der Waals surface area contributed by atoms with Crippen LogP contribution in [0.15, 0.2) is 40.8 Å². The van der Waals surface area contributed by atoms with Gasteiger partial charge in [-0.2, -0.15) is 0 Å². The summed E-state index contributed by atoms with van der Waals surface area (Å²) >= 11 is 0. The summed E-state index contributed by atoms with van der Waals surface area (Å²) in [5.41, 5.74) is 2.52. The lowest BCUT2D eigenvalue weighted by Crippen LogP contribution is -1.96. The molecule has 0 unspecified atom stereocenters. The summed E-state index contributed by atoms with van der Waals surface area (Å²) in [4.78, 5) is 11.1. The first-order valence-electron chi connectivity index (χ1n) is 6.57. The van der Waals surface area contributed by atoms with Gasteiger partial charge in [-0.15, -0.1) is 6.42 Å². The van der Waals surface area contributed by atoms with Crippen molar-refractivity contribution in [1.82, 2.24) is 0 Å². The van der Waals surface area contributed by atoms with Gasteiger partial charge in [0, 0.05) is 17.0 Å². The molecule has 0 radical (unpaired) electrons. The molecule has 1 heterocycles. The number of rotatable bonds is 2. The average Bonchev–Trinajstić information content (AvgIpc) is 2.84. The average molecular weight is 292 g/mol. The van der Waals surface area contributed by atoms with Crippen LogP contribution in [0.4, 0.5) is 0 Å². The SMILES string of the molecule is C#Cc1c(-c2ccc(C)cc2)oc2cc(O)c(C(=O)O)cc12. The molecule has 4 nitrogen and oxygen atoms in total. The van der Waals surface area contributed by atoms with E-state index in [1.165, 1.54) is 12.1 Å². The molecule has 3 rings (SSSR count). The maximum Gasteiger partial charge on any atom is 0.339 e. The Hall–Kier alpha value is -3.19. The van der Waals surface area contributed by atoms with Crippen LogP contribution in [0, 0.1) is 19.3 Å². The molecule has 0 amide bonds. The fourth-order valence-corrected chi connectivity index (χ4v) is 2.35. The Balaban J connectivity index is 2.31. The molecule has 0 saturated heterocycles. The van der Waals surface area contributed by atoms with Gasteiger partial charge in [0.15, 0.2) is 5.76 Å². The van der Waals surface area contributed by atoms with E-state index >= 15 is 0 Å². The van der Waals surface area contributed by atoms with E-state index in [0.717, 1.165) is 11.1 Å². The number of fused-ring (bicyclic) bond motifs is 1. The molecule has 0 atom stereocenters. The first-order chi connectivity index (χ1) is 10.5. The van der Waals surface area contributed by atoms with Gasteiger partial charge in [0.05, 0.1) is 5.56 Å². The summed E-state index contributed by atoms with van der Waals surface area (Å²) in [7, 11) is 0. The van der Waals surface area contributed by atoms with E-state index in [1.807, 2.05) is 31.2 Å². The largest absolute Gasteiger partial charge is 0.507 e. The molecule has 1 aromatic heterocycles. The lowest BCUT2D eigenvalue weighted by atomic mass is 10.0. The van der Waals surface area contributed by atoms with E-state index in [2.05, 4.69) is 5.92 Å². The van der Waals surface area contributed by atoms with Crippen molar-refractivity contribution in [2.24, 2.45) is 0 Å². The molecule has 22 heavy (non-hydrogen) atoms. The molecule has 0 spiro atoms. The Morgan fingerprint density at radius 2 is 1.91 bits per heavy atom. The van der Waals surface area contributed by atoms with Gasteiger partial charge in [0.1, 0.15) is 16.9 Å². The molecule has 0 aliphatic carbocycles. The second-order valence-corrected chi connectivity index (χ2v) is 4.99. The third kappa shape index (κ3) is 2.09. The maximum absolute atomic E-state index is 11.1. The van der Waals surface area contributed by atoms with Crippen LogP contribution in [-0.4, -0.2) is 16.2 Å². The second-order valence-electron chi connectivity index (χ2n) is 4.99. The van der Waals surface area contributed by atoms with E-state index in [0.29, 0.717) is 22.3 Å². The minimum atomic E-state index is -1.22. The van der Waals surface area contributed by atoms with Crippen LogP contribution in [0.5, 0.6) is 5.75 Å². The molecule has 108 valence electrons. The van der Waals surface area contributed by atoms with Crippen molar-refractivity contribution >= 4 is 16.9 Å². The third-order valence-corrected chi connectivity index (χ3v) is 3.49. The highest BCUT2D eigenvalue weighted by Crippen LogP contribution is 2.36.